The summed E-state index contributed by atoms with van der Waals surface area (Å²) in [5.74, 6) is 1.45. The molecule has 18 heavy (non-hydrogen) atoms. The molecule has 2 aliphatic rings. The maximum atomic E-state index is 6.45. The molecule has 1 aromatic carbocycles. The first-order chi connectivity index (χ1) is 8.83. The number of rotatable bonds is 3. The van der Waals surface area contributed by atoms with Gasteiger partial charge in [0.1, 0.15) is 0 Å². The first-order valence-corrected chi connectivity index (χ1v) is 7.23. The van der Waals surface area contributed by atoms with E-state index in [0.717, 1.165) is 19.1 Å². The summed E-state index contributed by atoms with van der Waals surface area (Å²) in [5.41, 5.74) is 9.49. The van der Waals surface area contributed by atoms with Crippen LogP contribution in [-0.4, -0.2) is 19.3 Å². The van der Waals surface area contributed by atoms with E-state index in [9.17, 15) is 0 Å². The van der Waals surface area contributed by atoms with Crippen LogP contribution in [-0.2, 0) is 17.6 Å². The van der Waals surface area contributed by atoms with Gasteiger partial charge in [0.15, 0.2) is 0 Å². The second-order valence-electron chi connectivity index (χ2n) is 5.89. The minimum Gasteiger partial charge on any atom is -0.381 e. The van der Waals surface area contributed by atoms with Gasteiger partial charge in [-0.1, -0.05) is 24.3 Å². The molecule has 3 rings (SSSR count). The summed E-state index contributed by atoms with van der Waals surface area (Å²) in [6.07, 6.45) is 5.95. The maximum absolute atomic E-state index is 6.45. The molecule has 1 aromatic rings. The molecular formula is C16H23NO. The Balaban J connectivity index is 1.56. The Morgan fingerprint density at radius 1 is 1.11 bits per heavy atom. The highest BCUT2D eigenvalue weighted by Crippen LogP contribution is 2.31. The molecule has 1 saturated heterocycles. The van der Waals surface area contributed by atoms with Gasteiger partial charge in [-0.2, -0.15) is 0 Å². The predicted octanol–water partition coefficient (Wildman–Crippen LogP) is 2.55. The zero-order valence-corrected chi connectivity index (χ0v) is 11.0. The van der Waals surface area contributed by atoms with Crippen LogP contribution in [0.4, 0.5) is 0 Å². The quantitative estimate of drug-likeness (QED) is 0.888. The van der Waals surface area contributed by atoms with Crippen LogP contribution in [0.3, 0.4) is 0 Å². The molecule has 2 nitrogen and oxygen atoms in total. The molecule has 1 aliphatic carbocycles. The molecule has 0 spiro atoms. The van der Waals surface area contributed by atoms with Crippen LogP contribution in [0.5, 0.6) is 0 Å². The largest absolute Gasteiger partial charge is 0.381 e. The fourth-order valence-corrected chi connectivity index (χ4v) is 3.46. The van der Waals surface area contributed by atoms with Gasteiger partial charge in [-0.3, -0.25) is 0 Å². The third-order valence-corrected chi connectivity index (χ3v) is 4.63. The van der Waals surface area contributed by atoms with Gasteiger partial charge >= 0.3 is 0 Å². The Morgan fingerprint density at radius 3 is 2.33 bits per heavy atom. The molecule has 0 bridgehead atoms. The molecular weight excluding hydrogens is 222 g/mol. The van der Waals surface area contributed by atoms with Crippen LogP contribution in [0, 0.1) is 11.8 Å². The van der Waals surface area contributed by atoms with Crippen molar-refractivity contribution in [3.05, 3.63) is 35.4 Å². The van der Waals surface area contributed by atoms with E-state index in [1.54, 1.807) is 0 Å². The van der Waals surface area contributed by atoms with Gasteiger partial charge < -0.3 is 10.5 Å². The van der Waals surface area contributed by atoms with Crippen LogP contribution < -0.4 is 5.73 Å². The standard InChI is InChI=1S/C16H23NO/c17-16(9-12-5-7-18-8-6-12)15-10-13-3-1-2-4-14(13)11-15/h1-4,12,15-16H,5-11,17H2. The number of benzene rings is 1. The van der Waals surface area contributed by atoms with E-state index >= 15 is 0 Å². The zero-order chi connectivity index (χ0) is 12.4. The van der Waals surface area contributed by atoms with Crippen molar-refractivity contribution < 1.29 is 4.74 Å². The SMILES string of the molecule is NC(CC1CCOCC1)C1Cc2ccccc2C1. The van der Waals surface area contributed by atoms with Crippen molar-refractivity contribution in [3.8, 4) is 0 Å². The summed E-state index contributed by atoms with van der Waals surface area (Å²) in [5, 5.41) is 0. The normalized spacial score (nSPS) is 22.9. The Bertz CT molecular complexity index is 373. The molecule has 0 saturated carbocycles. The maximum Gasteiger partial charge on any atom is 0.0468 e. The van der Waals surface area contributed by atoms with Crippen molar-refractivity contribution in [2.24, 2.45) is 17.6 Å². The van der Waals surface area contributed by atoms with E-state index in [4.69, 9.17) is 10.5 Å². The second kappa shape index (κ2) is 5.41. The summed E-state index contributed by atoms with van der Waals surface area (Å²) >= 11 is 0. The highest BCUT2D eigenvalue weighted by molar-refractivity contribution is 5.32. The fraction of sp³-hybridized carbons (Fsp3) is 0.625. The van der Waals surface area contributed by atoms with Gasteiger partial charge in [0.25, 0.3) is 0 Å². The summed E-state index contributed by atoms with van der Waals surface area (Å²) in [6, 6.07) is 9.17. The number of ether oxygens (including phenoxy) is 1. The lowest BCUT2D eigenvalue weighted by molar-refractivity contribution is 0.0599. The molecule has 1 unspecified atom stereocenters. The molecule has 2 heteroatoms. The molecule has 98 valence electrons. The van der Waals surface area contributed by atoms with Crippen molar-refractivity contribution in [1.82, 2.24) is 0 Å². The molecule has 0 amide bonds. The first-order valence-electron chi connectivity index (χ1n) is 7.23. The van der Waals surface area contributed by atoms with Crippen LogP contribution in [0.15, 0.2) is 24.3 Å². The van der Waals surface area contributed by atoms with Crippen molar-refractivity contribution in [2.45, 2.75) is 38.1 Å². The lowest BCUT2D eigenvalue weighted by Crippen LogP contribution is -2.34. The Hall–Kier alpha value is -0.860. The minimum absolute atomic E-state index is 0.362. The van der Waals surface area contributed by atoms with Crippen LogP contribution >= 0.6 is 0 Å². The zero-order valence-electron chi connectivity index (χ0n) is 11.0. The summed E-state index contributed by atoms with van der Waals surface area (Å²) in [7, 11) is 0. The first kappa shape index (κ1) is 12.2. The van der Waals surface area contributed by atoms with E-state index in [1.165, 1.54) is 43.2 Å². The number of fused-ring (bicyclic) bond motifs is 1. The molecule has 0 aromatic heterocycles. The van der Waals surface area contributed by atoms with Gasteiger partial charge in [0.2, 0.25) is 0 Å². The summed E-state index contributed by atoms with van der Waals surface area (Å²) < 4.78 is 5.42. The smallest absolute Gasteiger partial charge is 0.0468 e. The summed E-state index contributed by atoms with van der Waals surface area (Å²) in [4.78, 5) is 0. The van der Waals surface area contributed by atoms with Crippen LogP contribution in [0.2, 0.25) is 0 Å². The van der Waals surface area contributed by atoms with Gasteiger partial charge in [0.05, 0.1) is 0 Å². The van der Waals surface area contributed by atoms with Crippen molar-refractivity contribution >= 4 is 0 Å². The number of hydrogen-bond donors (Lipinski definition) is 1. The Kier molecular flexibility index (Phi) is 3.67. The fourth-order valence-electron chi connectivity index (χ4n) is 3.46. The molecule has 0 radical (unpaired) electrons. The lowest BCUT2D eigenvalue weighted by atomic mass is 9.86. The van der Waals surface area contributed by atoms with Crippen molar-refractivity contribution in [1.29, 1.82) is 0 Å². The number of hydrogen-bond acceptors (Lipinski definition) is 2. The predicted molar refractivity (Wildman–Crippen MR) is 73.5 cm³/mol. The van der Waals surface area contributed by atoms with Gasteiger partial charge in [-0.05, 0) is 55.1 Å². The van der Waals surface area contributed by atoms with Crippen LogP contribution in [0.1, 0.15) is 30.4 Å². The Labute approximate surface area is 110 Å². The topological polar surface area (TPSA) is 35.2 Å². The van der Waals surface area contributed by atoms with Crippen molar-refractivity contribution in [3.63, 3.8) is 0 Å². The minimum atomic E-state index is 0.362. The van der Waals surface area contributed by atoms with Gasteiger partial charge in [-0.15, -0.1) is 0 Å². The third kappa shape index (κ3) is 2.60. The van der Waals surface area contributed by atoms with E-state index in [2.05, 4.69) is 24.3 Å². The van der Waals surface area contributed by atoms with E-state index < -0.39 is 0 Å². The third-order valence-electron chi connectivity index (χ3n) is 4.63. The van der Waals surface area contributed by atoms with Gasteiger partial charge in [0, 0.05) is 19.3 Å². The van der Waals surface area contributed by atoms with E-state index in [-0.39, 0.29) is 0 Å². The average molecular weight is 245 g/mol. The second-order valence-corrected chi connectivity index (χ2v) is 5.89. The molecule has 1 aliphatic heterocycles. The molecule has 1 atom stereocenters. The highest BCUT2D eigenvalue weighted by atomic mass is 16.5. The van der Waals surface area contributed by atoms with E-state index in [1.807, 2.05) is 0 Å². The van der Waals surface area contributed by atoms with Crippen molar-refractivity contribution in [2.75, 3.05) is 13.2 Å². The molecule has 1 fully saturated rings. The summed E-state index contributed by atoms with van der Waals surface area (Å²) in [6.45, 7) is 1.87. The highest BCUT2D eigenvalue weighted by Gasteiger charge is 2.28. The average Bonchev–Trinajstić information content (AvgIpc) is 2.84. The Morgan fingerprint density at radius 2 is 1.72 bits per heavy atom. The van der Waals surface area contributed by atoms with Crippen LogP contribution in [0.25, 0.3) is 0 Å². The molecule has 2 N–H and O–H groups in total. The monoisotopic (exact) mass is 245 g/mol. The van der Waals surface area contributed by atoms with Gasteiger partial charge in [-0.25, -0.2) is 0 Å². The lowest BCUT2D eigenvalue weighted by Gasteiger charge is -2.27. The molecule has 1 heterocycles. The number of nitrogens with two attached hydrogens (primary N) is 1. The van der Waals surface area contributed by atoms with E-state index in [0.29, 0.717) is 12.0 Å².